The maximum atomic E-state index is 13.2. The number of amides is 2. The minimum absolute atomic E-state index is 0.0661. The van der Waals surface area contributed by atoms with Crippen molar-refractivity contribution in [1.82, 2.24) is 14.8 Å². The average molecular weight is 860 g/mol. The summed E-state index contributed by atoms with van der Waals surface area (Å²) in [6, 6.07) is 25.1. The van der Waals surface area contributed by atoms with Gasteiger partial charge in [0.2, 0.25) is 0 Å². The molecule has 0 spiro atoms. The Kier molecular flexibility index (Phi) is 12.5. The molecule has 2 atom stereocenters. The number of carbonyl (C=O) groups excluding carboxylic acids is 2. The summed E-state index contributed by atoms with van der Waals surface area (Å²) < 4.78 is 26.1. The number of ether oxygens (including phenoxy) is 2. The maximum Gasteiger partial charge on any atom is 0.419 e. The van der Waals surface area contributed by atoms with Gasteiger partial charge in [-0.3, -0.25) is 19.6 Å². The van der Waals surface area contributed by atoms with Gasteiger partial charge in [0.15, 0.2) is 26.3 Å². The first-order valence-corrected chi connectivity index (χ1v) is 24.5. The summed E-state index contributed by atoms with van der Waals surface area (Å²) >= 11 is 0. The maximum absolute atomic E-state index is 13.2. The number of aromatic hydroxyl groups is 1. The topological polar surface area (TPSA) is 157 Å². The van der Waals surface area contributed by atoms with Crippen LogP contribution in [0.25, 0.3) is 28.3 Å². The van der Waals surface area contributed by atoms with Crippen molar-refractivity contribution in [3.63, 3.8) is 0 Å². The van der Waals surface area contributed by atoms with E-state index in [-0.39, 0.29) is 35.1 Å². The van der Waals surface area contributed by atoms with Crippen molar-refractivity contribution in [2.45, 2.75) is 83.5 Å². The Morgan fingerprint density at radius 2 is 1.82 bits per heavy atom. The molecule has 4 aliphatic heterocycles. The van der Waals surface area contributed by atoms with Gasteiger partial charge in [0.05, 0.1) is 17.3 Å². The highest BCUT2D eigenvalue weighted by Gasteiger charge is 2.41. The molecule has 2 amide bonds. The summed E-state index contributed by atoms with van der Waals surface area (Å²) in [6.45, 7) is 15.0. The number of oxazole rings is 1. The molecule has 326 valence electrons. The van der Waals surface area contributed by atoms with Crippen LogP contribution >= 0.6 is 0 Å². The Morgan fingerprint density at radius 3 is 2.56 bits per heavy atom. The molecule has 0 aliphatic carbocycles. The fourth-order valence-corrected chi connectivity index (χ4v) is 9.62. The Morgan fingerprint density at radius 1 is 1.03 bits per heavy atom. The number of aryl methyl sites for hydroxylation is 1. The van der Waals surface area contributed by atoms with Crippen LogP contribution in [0.4, 0.5) is 16.2 Å². The third-order valence-electron chi connectivity index (χ3n) is 12.8. The van der Waals surface area contributed by atoms with Crippen LogP contribution in [-0.4, -0.2) is 73.8 Å². The molecule has 5 aromatic rings. The van der Waals surface area contributed by atoms with Gasteiger partial charge in [-0.2, -0.15) is 0 Å². The molecule has 0 radical (unpaired) electrons. The van der Waals surface area contributed by atoms with Gasteiger partial charge in [-0.25, -0.2) is 9.59 Å². The van der Waals surface area contributed by atoms with E-state index < -0.39 is 26.3 Å². The number of piperidine rings is 3. The molecule has 0 saturated carbocycles. The number of aromatic nitrogens is 1. The second-order valence-corrected chi connectivity index (χ2v) is 22.9. The molecule has 2 bridgehead atoms. The first kappa shape index (κ1) is 43.0. The zero-order valence-corrected chi connectivity index (χ0v) is 37.2. The Labute approximate surface area is 363 Å². The van der Waals surface area contributed by atoms with Crippen LogP contribution < -0.4 is 26.4 Å². The van der Waals surface area contributed by atoms with Crippen molar-refractivity contribution in [3.05, 3.63) is 112 Å². The molecule has 4 aromatic carbocycles. The zero-order chi connectivity index (χ0) is 43.6. The van der Waals surface area contributed by atoms with Crippen molar-refractivity contribution in [2.24, 2.45) is 5.92 Å². The van der Waals surface area contributed by atoms with Gasteiger partial charge in [-0.05, 0) is 103 Å². The summed E-state index contributed by atoms with van der Waals surface area (Å²) in [5.74, 6) is 0.00532. The lowest BCUT2D eigenvalue weighted by atomic mass is 9.86. The lowest BCUT2D eigenvalue weighted by Crippen LogP contribution is -2.52. The summed E-state index contributed by atoms with van der Waals surface area (Å²) in [7, 11) is -2.28. The van der Waals surface area contributed by atoms with Crippen molar-refractivity contribution >= 4 is 48.9 Å². The van der Waals surface area contributed by atoms with E-state index in [1.165, 1.54) is 0 Å². The van der Waals surface area contributed by atoms with Crippen molar-refractivity contribution in [2.75, 3.05) is 43.4 Å². The predicted molar refractivity (Wildman–Crippen MR) is 244 cm³/mol. The van der Waals surface area contributed by atoms with Crippen LogP contribution in [0, 0.1) is 5.92 Å². The summed E-state index contributed by atoms with van der Waals surface area (Å²) in [4.78, 5) is 40.8. The minimum atomic E-state index is -2.28. The number of hydrogen-bond donors (Lipinski definition) is 4. The van der Waals surface area contributed by atoms with Crippen LogP contribution in [-0.2, 0) is 27.0 Å². The van der Waals surface area contributed by atoms with Gasteiger partial charge in [-0.15, -0.1) is 0 Å². The molecular formula is C48H57N5O8Si. The molecule has 14 heteroatoms. The highest BCUT2D eigenvalue weighted by molar-refractivity contribution is 6.74. The molecule has 1 aromatic heterocycles. The quantitative estimate of drug-likeness (QED) is 0.0628. The number of nitrogens with one attached hydrogen (secondary N) is 3. The zero-order valence-electron chi connectivity index (χ0n) is 36.2. The molecular weight excluding hydrogens is 803 g/mol. The molecule has 3 fully saturated rings. The molecule has 13 nitrogen and oxygen atoms in total. The number of rotatable bonds is 14. The van der Waals surface area contributed by atoms with Crippen molar-refractivity contribution in [3.8, 4) is 22.6 Å². The van der Waals surface area contributed by atoms with Crippen LogP contribution in [0.1, 0.15) is 62.8 Å². The summed E-state index contributed by atoms with van der Waals surface area (Å²) in [6.07, 6.45) is 5.75. The third kappa shape index (κ3) is 9.53. The number of carbonyl (C=O) groups is 2. The van der Waals surface area contributed by atoms with E-state index in [1.54, 1.807) is 16.7 Å². The number of nitrogens with zero attached hydrogens (tertiary/aromatic N) is 2. The smallest absolute Gasteiger partial charge is 0.419 e. The first-order chi connectivity index (χ1) is 29.7. The van der Waals surface area contributed by atoms with Crippen LogP contribution in [0.15, 0.2) is 94.2 Å². The lowest BCUT2D eigenvalue weighted by Gasteiger charge is -2.43. The number of allylic oxidation sites excluding steroid dienone is 1. The highest BCUT2D eigenvalue weighted by atomic mass is 28.4. The van der Waals surface area contributed by atoms with E-state index in [1.807, 2.05) is 78.9 Å². The Balaban J connectivity index is 0.921. The van der Waals surface area contributed by atoms with Gasteiger partial charge < -0.3 is 34.1 Å². The van der Waals surface area contributed by atoms with E-state index >= 15 is 0 Å². The van der Waals surface area contributed by atoms with Gasteiger partial charge in [0, 0.05) is 37.3 Å². The first-order valence-electron chi connectivity index (χ1n) is 21.6. The Hall–Kier alpha value is -5.67. The number of fused-ring (bicyclic) bond motifs is 5. The van der Waals surface area contributed by atoms with Crippen molar-refractivity contribution in [1.29, 1.82) is 0 Å². The largest absolute Gasteiger partial charge is 0.506 e. The number of phenols is 1. The van der Waals surface area contributed by atoms with Crippen LogP contribution in [0.2, 0.25) is 18.1 Å². The number of benzene rings is 4. The monoisotopic (exact) mass is 859 g/mol. The molecule has 62 heavy (non-hydrogen) atoms. The lowest BCUT2D eigenvalue weighted by molar-refractivity contribution is -0.118. The van der Waals surface area contributed by atoms with Crippen molar-refractivity contribution < 1.29 is 33.0 Å². The minimum Gasteiger partial charge on any atom is -0.506 e. The predicted octanol–water partition coefficient (Wildman–Crippen LogP) is 8.90. The summed E-state index contributed by atoms with van der Waals surface area (Å²) in [5, 5.41) is 19.8. The third-order valence-corrected chi connectivity index (χ3v) is 17.3. The number of hydrogen-bond acceptors (Lipinski definition) is 10. The molecule has 9 rings (SSSR count). The average Bonchev–Trinajstić information content (AvgIpc) is 3.56. The van der Waals surface area contributed by atoms with E-state index in [0.29, 0.717) is 54.5 Å². The second-order valence-electron chi connectivity index (χ2n) is 18.1. The molecule has 0 unspecified atom stereocenters. The normalized spacial score (nSPS) is 19.2. The Bertz CT molecular complexity index is 2520. The molecule has 5 heterocycles. The highest BCUT2D eigenvalue weighted by Crippen LogP contribution is 2.45. The van der Waals surface area contributed by atoms with Gasteiger partial charge in [-0.1, -0.05) is 81.5 Å². The second kappa shape index (κ2) is 18.0. The van der Waals surface area contributed by atoms with Gasteiger partial charge in [0.25, 0.3) is 5.91 Å². The van der Waals surface area contributed by atoms with Crippen LogP contribution in [0.3, 0.4) is 0 Å². The van der Waals surface area contributed by atoms with Crippen LogP contribution in [0.5, 0.6) is 11.5 Å². The van der Waals surface area contributed by atoms with Gasteiger partial charge in [0.1, 0.15) is 17.5 Å². The fraction of sp³-hybridized carbons (Fsp3) is 0.396. The summed E-state index contributed by atoms with van der Waals surface area (Å²) in [5.41, 5.74) is 6.61. The van der Waals surface area contributed by atoms with E-state index in [2.05, 4.69) is 54.7 Å². The number of phenolic OH excluding ortho intramolecular Hbond substituents is 1. The standard InChI is InChI=1S/C48H57N5O8Si/c1-48(2,3)62(4,5)61-41(36-17-19-39(54)44-45(36)58-30-43(55)51-44)28-49-27-32-15-18-38-40(26-32)60-47(57)53(38)22-10-9-11-31-14-16-35(33-12-7-6-8-13-33)37(25-31)50-46(56)59-42-29-52-23-20-34(42)21-24-52/h6-9,11-19,25-26,34,41-42,49,54H,10,20-24,27-30H2,1-5H3,(H,50,56)(H,51,55)/b11-9+/t41-,42-/m0/s1. The fourth-order valence-electron chi connectivity index (χ4n) is 8.34. The molecule has 4 N–H and O–H groups in total. The molecule has 4 aliphatic rings. The van der Waals surface area contributed by atoms with E-state index in [0.717, 1.165) is 60.3 Å². The number of anilines is 2. The van der Waals surface area contributed by atoms with Gasteiger partial charge >= 0.3 is 11.8 Å². The SMILES string of the molecule is CC(C)(C)[Si](C)(C)O[C@@H](CNCc1ccc2c(c1)oc(=O)n2CC/C=C/c1ccc(-c2ccccc2)c(NC(=O)O[C@H]2CN3CCC2CC3)c1)c1ccc(O)c2c1OCC(=O)N2. The van der Waals surface area contributed by atoms with E-state index in [4.69, 9.17) is 18.3 Å². The van der Waals surface area contributed by atoms with E-state index in [9.17, 15) is 19.5 Å². The molecule has 3 saturated heterocycles.